The molecule has 1 rings (SSSR count). The van der Waals surface area contributed by atoms with Crippen molar-refractivity contribution < 1.29 is 4.79 Å². The monoisotopic (exact) mass is 227 g/mol. The van der Waals surface area contributed by atoms with Gasteiger partial charge in [0.15, 0.2) is 0 Å². The van der Waals surface area contributed by atoms with Gasteiger partial charge >= 0.3 is 0 Å². The van der Waals surface area contributed by atoms with Crippen LogP contribution in [-0.4, -0.2) is 43.0 Å². The van der Waals surface area contributed by atoms with Crippen LogP contribution >= 0.6 is 0 Å². The maximum atomic E-state index is 11.5. The van der Waals surface area contributed by atoms with Gasteiger partial charge in [0, 0.05) is 13.1 Å². The third-order valence-corrected chi connectivity index (χ3v) is 3.11. The lowest BCUT2D eigenvalue weighted by Crippen LogP contribution is -2.44. The maximum Gasteiger partial charge on any atom is 0.236 e. The number of nitrogens with one attached hydrogen (secondary N) is 1. The summed E-state index contributed by atoms with van der Waals surface area (Å²) >= 11 is 0. The average molecular weight is 227 g/mol. The summed E-state index contributed by atoms with van der Waals surface area (Å²) in [6.07, 6.45) is 5.67. The topological polar surface area (TPSA) is 58.4 Å². The van der Waals surface area contributed by atoms with Gasteiger partial charge in [-0.2, -0.15) is 0 Å². The summed E-state index contributed by atoms with van der Waals surface area (Å²) in [6.45, 7) is 6.09. The van der Waals surface area contributed by atoms with Crippen LogP contribution in [0.4, 0.5) is 0 Å². The fourth-order valence-corrected chi connectivity index (χ4v) is 2.09. The number of piperidine rings is 1. The van der Waals surface area contributed by atoms with Crippen LogP contribution in [0.15, 0.2) is 0 Å². The van der Waals surface area contributed by atoms with E-state index in [2.05, 4.69) is 10.2 Å². The number of carbonyl (C=O) groups excluding carboxylic acids is 1. The van der Waals surface area contributed by atoms with Gasteiger partial charge in [0.2, 0.25) is 5.91 Å². The first-order valence-electron chi connectivity index (χ1n) is 6.49. The van der Waals surface area contributed by atoms with Gasteiger partial charge in [-0.1, -0.05) is 19.8 Å². The first kappa shape index (κ1) is 13.5. The number of rotatable bonds is 6. The van der Waals surface area contributed by atoms with Crippen molar-refractivity contribution in [3.8, 4) is 0 Å². The number of hydrogen-bond acceptors (Lipinski definition) is 3. The van der Waals surface area contributed by atoms with E-state index in [1.165, 1.54) is 32.4 Å². The maximum absolute atomic E-state index is 11.5. The molecule has 4 heteroatoms. The van der Waals surface area contributed by atoms with Crippen LogP contribution in [0.2, 0.25) is 0 Å². The molecule has 1 unspecified atom stereocenters. The van der Waals surface area contributed by atoms with E-state index in [9.17, 15) is 4.79 Å². The van der Waals surface area contributed by atoms with Crippen LogP contribution < -0.4 is 11.1 Å². The Balaban J connectivity index is 2.07. The molecule has 0 aromatic heterocycles. The molecule has 0 aromatic carbocycles. The number of carbonyl (C=O) groups is 1. The Morgan fingerprint density at radius 2 is 2.06 bits per heavy atom. The Morgan fingerprint density at radius 3 is 2.69 bits per heavy atom. The Labute approximate surface area is 98.6 Å². The van der Waals surface area contributed by atoms with Gasteiger partial charge in [-0.25, -0.2) is 0 Å². The lowest BCUT2D eigenvalue weighted by molar-refractivity contribution is -0.122. The molecule has 3 N–H and O–H groups in total. The zero-order valence-electron chi connectivity index (χ0n) is 10.4. The quantitative estimate of drug-likeness (QED) is 0.703. The second-order valence-corrected chi connectivity index (χ2v) is 4.59. The number of hydrogen-bond donors (Lipinski definition) is 2. The average Bonchev–Trinajstić information content (AvgIpc) is 2.30. The molecule has 1 amide bonds. The van der Waals surface area contributed by atoms with Gasteiger partial charge in [0.05, 0.1) is 6.04 Å². The van der Waals surface area contributed by atoms with Gasteiger partial charge in [-0.3, -0.25) is 4.79 Å². The zero-order valence-corrected chi connectivity index (χ0v) is 10.4. The van der Waals surface area contributed by atoms with Crippen molar-refractivity contribution in [2.24, 2.45) is 5.73 Å². The van der Waals surface area contributed by atoms with Crippen LogP contribution in [-0.2, 0) is 4.79 Å². The fourth-order valence-electron chi connectivity index (χ4n) is 2.09. The molecule has 1 atom stereocenters. The third-order valence-electron chi connectivity index (χ3n) is 3.11. The number of amides is 1. The number of nitrogens with zero attached hydrogens (tertiary/aromatic N) is 1. The van der Waals surface area contributed by atoms with Crippen LogP contribution in [0.5, 0.6) is 0 Å². The standard InChI is InChI=1S/C12H25N3O/c1-2-6-11(13)12(16)14-7-10-15-8-4-3-5-9-15/h11H,2-10,13H2,1H3,(H,14,16). The van der Waals surface area contributed by atoms with Crippen LogP contribution in [0.3, 0.4) is 0 Å². The summed E-state index contributed by atoms with van der Waals surface area (Å²) in [5.41, 5.74) is 5.72. The molecule has 0 spiro atoms. The van der Waals surface area contributed by atoms with E-state index in [1.54, 1.807) is 0 Å². The predicted molar refractivity (Wildman–Crippen MR) is 66.2 cm³/mol. The minimum absolute atomic E-state index is 0.00106. The highest BCUT2D eigenvalue weighted by atomic mass is 16.2. The molecule has 1 saturated heterocycles. The van der Waals surface area contributed by atoms with Crippen molar-refractivity contribution in [3.05, 3.63) is 0 Å². The normalized spacial score (nSPS) is 19.4. The van der Waals surface area contributed by atoms with E-state index in [4.69, 9.17) is 5.73 Å². The molecule has 94 valence electrons. The van der Waals surface area contributed by atoms with E-state index >= 15 is 0 Å². The molecule has 4 nitrogen and oxygen atoms in total. The largest absolute Gasteiger partial charge is 0.353 e. The zero-order chi connectivity index (χ0) is 11.8. The predicted octanol–water partition coefficient (Wildman–Crippen LogP) is 0.716. The second-order valence-electron chi connectivity index (χ2n) is 4.59. The Kier molecular flexibility index (Phi) is 6.42. The summed E-state index contributed by atoms with van der Waals surface area (Å²) in [4.78, 5) is 13.9. The SMILES string of the molecule is CCCC(N)C(=O)NCCN1CCCCC1. The Bertz CT molecular complexity index is 202. The van der Waals surface area contributed by atoms with Crippen molar-refractivity contribution in [2.75, 3.05) is 26.2 Å². The lowest BCUT2D eigenvalue weighted by Gasteiger charge is -2.26. The van der Waals surface area contributed by atoms with Gasteiger partial charge in [-0.05, 0) is 32.4 Å². The van der Waals surface area contributed by atoms with Crippen molar-refractivity contribution in [3.63, 3.8) is 0 Å². The van der Waals surface area contributed by atoms with Crippen molar-refractivity contribution in [1.29, 1.82) is 0 Å². The van der Waals surface area contributed by atoms with Crippen molar-refractivity contribution >= 4 is 5.91 Å². The minimum Gasteiger partial charge on any atom is -0.353 e. The van der Waals surface area contributed by atoms with Crippen LogP contribution in [0.1, 0.15) is 39.0 Å². The third kappa shape index (κ3) is 4.94. The van der Waals surface area contributed by atoms with Crippen molar-refractivity contribution in [2.45, 2.75) is 45.1 Å². The highest BCUT2D eigenvalue weighted by molar-refractivity contribution is 5.81. The summed E-state index contributed by atoms with van der Waals surface area (Å²) in [6, 6.07) is -0.327. The van der Waals surface area contributed by atoms with E-state index in [0.29, 0.717) is 0 Å². The van der Waals surface area contributed by atoms with Gasteiger partial charge in [-0.15, -0.1) is 0 Å². The van der Waals surface area contributed by atoms with Gasteiger partial charge < -0.3 is 16.0 Å². The van der Waals surface area contributed by atoms with E-state index in [0.717, 1.165) is 25.9 Å². The molecule has 0 radical (unpaired) electrons. The molecule has 0 saturated carbocycles. The first-order chi connectivity index (χ1) is 7.74. The van der Waals surface area contributed by atoms with Crippen molar-refractivity contribution in [1.82, 2.24) is 10.2 Å². The molecule has 1 heterocycles. The van der Waals surface area contributed by atoms with E-state index in [1.807, 2.05) is 6.92 Å². The van der Waals surface area contributed by atoms with Gasteiger partial charge in [0.1, 0.15) is 0 Å². The van der Waals surface area contributed by atoms with Gasteiger partial charge in [0.25, 0.3) is 0 Å². The lowest BCUT2D eigenvalue weighted by atomic mass is 10.1. The highest BCUT2D eigenvalue weighted by Gasteiger charge is 2.13. The fraction of sp³-hybridized carbons (Fsp3) is 0.917. The molecule has 0 bridgehead atoms. The number of nitrogens with two attached hydrogens (primary N) is 1. The number of likely N-dealkylation sites (tertiary alicyclic amines) is 1. The molecule has 0 aliphatic carbocycles. The molecule has 1 fully saturated rings. The molecular weight excluding hydrogens is 202 g/mol. The summed E-state index contributed by atoms with van der Waals surface area (Å²) < 4.78 is 0. The second kappa shape index (κ2) is 7.63. The Morgan fingerprint density at radius 1 is 1.38 bits per heavy atom. The highest BCUT2D eigenvalue weighted by Crippen LogP contribution is 2.07. The summed E-state index contributed by atoms with van der Waals surface area (Å²) in [7, 11) is 0. The van der Waals surface area contributed by atoms with Crippen LogP contribution in [0.25, 0.3) is 0 Å². The molecule has 16 heavy (non-hydrogen) atoms. The molecular formula is C12H25N3O. The molecule has 0 aromatic rings. The molecule has 1 aliphatic heterocycles. The smallest absolute Gasteiger partial charge is 0.236 e. The summed E-state index contributed by atoms with van der Waals surface area (Å²) in [5, 5.41) is 2.91. The minimum atomic E-state index is -0.327. The Hall–Kier alpha value is -0.610. The van der Waals surface area contributed by atoms with E-state index < -0.39 is 0 Å². The summed E-state index contributed by atoms with van der Waals surface area (Å²) in [5.74, 6) is -0.00106. The van der Waals surface area contributed by atoms with Crippen LogP contribution in [0, 0.1) is 0 Å². The first-order valence-corrected chi connectivity index (χ1v) is 6.49. The molecule has 1 aliphatic rings. The van der Waals surface area contributed by atoms with E-state index in [-0.39, 0.29) is 11.9 Å².